The number of fused-ring (bicyclic) bond motifs is 1. The molecule has 0 spiro atoms. The number of carbonyl (C=O) groups is 1. The number of aromatic nitrogens is 1. The number of halogens is 2. The molecule has 0 fully saturated rings. The third-order valence-electron chi connectivity index (χ3n) is 3.72. The first-order valence-corrected chi connectivity index (χ1v) is 8.62. The lowest BCUT2D eigenvalue weighted by Crippen LogP contribution is -2.14. The molecule has 3 aromatic rings. The maximum absolute atomic E-state index is 12.3. The van der Waals surface area contributed by atoms with Crippen LogP contribution in [0, 0.1) is 13.8 Å². The summed E-state index contributed by atoms with van der Waals surface area (Å²) in [5.74, 6) is -0.0983. The summed E-state index contributed by atoms with van der Waals surface area (Å²) in [6.07, 6.45) is 0. The van der Waals surface area contributed by atoms with E-state index in [1.54, 1.807) is 18.2 Å². The van der Waals surface area contributed by atoms with Crippen molar-refractivity contribution < 1.29 is 4.79 Å². The average molecular weight is 365 g/mol. The van der Waals surface area contributed by atoms with Gasteiger partial charge in [-0.3, -0.25) is 4.79 Å². The van der Waals surface area contributed by atoms with Crippen molar-refractivity contribution in [1.29, 1.82) is 0 Å². The van der Waals surface area contributed by atoms with Crippen molar-refractivity contribution in [2.24, 2.45) is 0 Å². The molecule has 3 rings (SSSR count). The normalized spacial score (nSPS) is 11.0. The van der Waals surface area contributed by atoms with Gasteiger partial charge in [-0.1, -0.05) is 40.6 Å². The predicted octanol–water partition coefficient (Wildman–Crippen LogP) is 5.51. The Kier molecular flexibility index (Phi) is 4.57. The van der Waals surface area contributed by atoms with E-state index in [0.717, 1.165) is 15.3 Å². The van der Waals surface area contributed by atoms with Crippen molar-refractivity contribution in [3.8, 4) is 0 Å². The van der Waals surface area contributed by atoms with Crippen LogP contribution < -0.4 is 5.32 Å². The van der Waals surface area contributed by atoms with E-state index in [9.17, 15) is 4.79 Å². The van der Waals surface area contributed by atoms with Crippen LogP contribution >= 0.6 is 34.5 Å². The number of nitrogens with zero attached hydrogens (tertiary/aromatic N) is 1. The largest absolute Gasteiger partial charge is 0.354 e. The van der Waals surface area contributed by atoms with Gasteiger partial charge in [-0.15, -0.1) is 0 Å². The molecule has 0 radical (unpaired) electrons. The highest BCUT2D eigenvalue weighted by atomic mass is 35.5. The highest BCUT2D eigenvalue weighted by Crippen LogP contribution is 2.29. The summed E-state index contributed by atoms with van der Waals surface area (Å²) in [5, 5.41) is 4.69. The number of carbonyl (C=O) groups excluding carboxylic acids is 1. The zero-order chi connectivity index (χ0) is 16.6. The molecule has 0 atom stereocenters. The minimum absolute atomic E-state index is 0.0983. The highest BCUT2D eigenvalue weighted by Gasteiger charge is 2.12. The minimum Gasteiger partial charge on any atom is -0.354 e. The second kappa shape index (κ2) is 6.48. The number of benzene rings is 2. The standard InChI is InChI=1S/C17H14Cl2N2OS/c1-9-3-6-15-16(10(9)2)21-17(23-15)20-8-14(22)12-5-4-11(18)7-13(12)19/h3-7H,8H2,1-2H3,(H,20,21). The summed E-state index contributed by atoms with van der Waals surface area (Å²) in [6.45, 7) is 4.26. The van der Waals surface area contributed by atoms with E-state index in [0.29, 0.717) is 15.6 Å². The Morgan fingerprint density at radius 2 is 2.00 bits per heavy atom. The van der Waals surface area contributed by atoms with Crippen LogP contribution in [0.5, 0.6) is 0 Å². The maximum Gasteiger partial charge on any atom is 0.184 e. The Morgan fingerprint density at radius 1 is 1.22 bits per heavy atom. The molecule has 0 saturated heterocycles. The summed E-state index contributed by atoms with van der Waals surface area (Å²) in [7, 11) is 0. The number of anilines is 1. The van der Waals surface area contributed by atoms with Gasteiger partial charge >= 0.3 is 0 Å². The fraction of sp³-hybridized carbons (Fsp3) is 0.176. The van der Waals surface area contributed by atoms with Gasteiger partial charge in [0.1, 0.15) is 0 Å². The number of ketones is 1. The SMILES string of the molecule is Cc1ccc2sc(NCC(=O)c3ccc(Cl)cc3Cl)nc2c1C. The van der Waals surface area contributed by atoms with Crippen LogP contribution in [-0.4, -0.2) is 17.3 Å². The molecule has 1 aromatic heterocycles. The molecule has 0 aliphatic rings. The maximum atomic E-state index is 12.3. The van der Waals surface area contributed by atoms with Gasteiger partial charge < -0.3 is 5.32 Å². The summed E-state index contributed by atoms with van der Waals surface area (Å²) >= 11 is 13.4. The van der Waals surface area contributed by atoms with Crippen molar-refractivity contribution in [2.75, 3.05) is 11.9 Å². The molecule has 6 heteroatoms. The summed E-state index contributed by atoms with van der Waals surface area (Å²) in [6, 6.07) is 9.00. The summed E-state index contributed by atoms with van der Waals surface area (Å²) < 4.78 is 1.10. The second-order valence-corrected chi connectivity index (χ2v) is 7.15. The molecule has 0 amide bonds. The lowest BCUT2D eigenvalue weighted by molar-refractivity contribution is 0.101. The number of hydrogen-bond donors (Lipinski definition) is 1. The number of hydrogen-bond acceptors (Lipinski definition) is 4. The molecule has 1 N–H and O–H groups in total. The topological polar surface area (TPSA) is 42.0 Å². The Labute approximate surface area is 148 Å². The fourth-order valence-electron chi connectivity index (χ4n) is 2.27. The van der Waals surface area contributed by atoms with E-state index < -0.39 is 0 Å². The van der Waals surface area contributed by atoms with E-state index in [4.69, 9.17) is 23.2 Å². The van der Waals surface area contributed by atoms with Gasteiger partial charge in [0.05, 0.1) is 21.8 Å². The molecule has 23 heavy (non-hydrogen) atoms. The number of rotatable bonds is 4. The first-order chi connectivity index (χ1) is 11.0. The number of nitrogens with one attached hydrogen (secondary N) is 1. The molecule has 2 aromatic carbocycles. The first-order valence-electron chi connectivity index (χ1n) is 7.04. The van der Waals surface area contributed by atoms with Crippen LogP contribution in [0.3, 0.4) is 0 Å². The van der Waals surface area contributed by atoms with Gasteiger partial charge in [0.15, 0.2) is 10.9 Å². The Bertz CT molecular complexity index is 905. The Hall–Kier alpha value is -1.62. The molecule has 0 aliphatic carbocycles. The van der Waals surface area contributed by atoms with Gasteiger partial charge in [0.2, 0.25) is 0 Å². The summed E-state index contributed by atoms with van der Waals surface area (Å²) in [4.78, 5) is 16.8. The molecule has 0 unspecified atom stereocenters. The zero-order valence-electron chi connectivity index (χ0n) is 12.6. The molecule has 0 aliphatic heterocycles. The smallest absolute Gasteiger partial charge is 0.184 e. The van der Waals surface area contributed by atoms with E-state index in [-0.39, 0.29) is 12.3 Å². The summed E-state index contributed by atoms with van der Waals surface area (Å²) in [5.41, 5.74) is 3.81. The van der Waals surface area contributed by atoms with Crippen LogP contribution in [0.2, 0.25) is 10.0 Å². The van der Waals surface area contributed by atoms with E-state index >= 15 is 0 Å². The monoisotopic (exact) mass is 364 g/mol. The molecule has 3 nitrogen and oxygen atoms in total. The third kappa shape index (κ3) is 3.34. The van der Waals surface area contributed by atoms with Crippen LogP contribution in [0.25, 0.3) is 10.2 Å². The van der Waals surface area contributed by atoms with Gasteiger partial charge in [-0.05, 0) is 49.2 Å². The number of thiazole rings is 1. The zero-order valence-corrected chi connectivity index (χ0v) is 14.9. The lowest BCUT2D eigenvalue weighted by atomic mass is 10.1. The first kappa shape index (κ1) is 16.2. The van der Waals surface area contributed by atoms with Crippen LogP contribution in [0.4, 0.5) is 5.13 Å². The van der Waals surface area contributed by atoms with Gasteiger partial charge in [-0.25, -0.2) is 4.98 Å². The van der Waals surface area contributed by atoms with E-state index in [1.807, 2.05) is 0 Å². The van der Waals surface area contributed by atoms with Gasteiger partial charge in [-0.2, -0.15) is 0 Å². The molecular formula is C17H14Cl2N2OS. The minimum atomic E-state index is -0.0983. The van der Waals surface area contributed by atoms with E-state index in [2.05, 4.69) is 36.3 Å². The average Bonchev–Trinajstić information content (AvgIpc) is 2.92. The molecule has 118 valence electrons. The number of aryl methyl sites for hydroxylation is 2. The van der Waals surface area contributed by atoms with Crippen molar-refractivity contribution in [2.45, 2.75) is 13.8 Å². The van der Waals surface area contributed by atoms with Crippen LogP contribution in [-0.2, 0) is 0 Å². The quantitative estimate of drug-likeness (QED) is 0.620. The Morgan fingerprint density at radius 3 is 2.74 bits per heavy atom. The lowest BCUT2D eigenvalue weighted by Gasteiger charge is -2.04. The molecule has 1 heterocycles. The Balaban J connectivity index is 1.78. The van der Waals surface area contributed by atoms with Crippen molar-refractivity contribution in [3.05, 3.63) is 57.1 Å². The van der Waals surface area contributed by atoms with Crippen LogP contribution in [0.1, 0.15) is 21.5 Å². The van der Waals surface area contributed by atoms with Crippen molar-refractivity contribution in [3.63, 3.8) is 0 Å². The fourth-order valence-corrected chi connectivity index (χ4v) is 3.70. The van der Waals surface area contributed by atoms with Crippen LogP contribution in [0.15, 0.2) is 30.3 Å². The molecule has 0 saturated carbocycles. The van der Waals surface area contributed by atoms with E-state index in [1.165, 1.54) is 22.5 Å². The van der Waals surface area contributed by atoms with Crippen molar-refractivity contribution >= 4 is 55.7 Å². The molecule has 0 bridgehead atoms. The second-order valence-electron chi connectivity index (χ2n) is 5.27. The molecular weight excluding hydrogens is 351 g/mol. The van der Waals surface area contributed by atoms with Crippen molar-refractivity contribution in [1.82, 2.24) is 4.98 Å². The number of Topliss-reactive ketones (excluding diaryl/α,β-unsaturated/α-hetero) is 1. The predicted molar refractivity (Wildman–Crippen MR) is 98.4 cm³/mol. The van der Waals surface area contributed by atoms with Gasteiger partial charge in [0.25, 0.3) is 0 Å². The third-order valence-corrected chi connectivity index (χ3v) is 5.24. The van der Waals surface area contributed by atoms with Gasteiger partial charge in [0, 0.05) is 10.6 Å². The highest BCUT2D eigenvalue weighted by molar-refractivity contribution is 7.22.